The van der Waals surface area contributed by atoms with Gasteiger partial charge < -0.3 is 10.5 Å². The summed E-state index contributed by atoms with van der Waals surface area (Å²) in [6.07, 6.45) is 1.97. The van der Waals surface area contributed by atoms with Gasteiger partial charge in [-0.05, 0) is 44.2 Å². The fourth-order valence-corrected chi connectivity index (χ4v) is 1.69. The van der Waals surface area contributed by atoms with E-state index in [4.69, 9.17) is 10.5 Å². The van der Waals surface area contributed by atoms with E-state index in [-0.39, 0.29) is 0 Å². The van der Waals surface area contributed by atoms with Crippen LogP contribution in [0.25, 0.3) is 0 Å². The molecule has 0 aliphatic carbocycles. The molecule has 0 saturated carbocycles. The third-order valence-electron chi connectivity index (χ3n) is 2.77. The molecule has 4 heteroatoms. The predicted molar refractivity (Wildman–Crippen MR) is 79.3 cm³/mol. The number of rotatable bonds is 4. The van der Waals surface area contributed by atoms with Crippen LogP contribution in [-0.2, 0) is 6.61 Å². The highest BCUT2D eigenvalue weighted by Gasteiger charge is 2.02. The molecule has 0 spiro atoms. The average Bonchev–Trinajstić information content (AvgIpc) is 2.93. The molecule has 0 unspecified atom stereocenters. The van der Waals surface area contributed by atoms with Crippen LogP contribution >= 0.6 is 0 Å². The Morgan fingerprint density at radius 1 is 1.25 bits per heavy atom. The Balaban J connectivity index is 1.93. The maximum atomic E-state index is 5.70. The van der Waals surface area contributed by atoms with Gasteiger partial charge >= 0.3 is 0 Å². The minimum Gasteiger partial charge on any atom is -0.487 e. The van der Waals surface area contributed by atoms with Gasteiger partial charge in [0.25, 0.3) is 0 Å². The van der Waals surface area contributed by atoms with E-state index in [9.17, 15) is 0 Å². The van der Waals surface area contributed by atoms with Gasteiger partial charge in [-0.3, -0.25) is 4.68 Å². The maximum absolute atomic E-state index is 5.70. The number of benzene rings is 1. The summed E-state index contributed by atoms with van der Waals surface area (Å²) >= 11 is 0. The zero-order valence-corrected chi connectivity index (χ0v) is 11.8. The van der Waals surface area contributed by atoms with Crippen LogP contribution in [0, 0.1) is 11.8 Å². The monoisotopic (exact) mass is 269 g/mol. The summed E-state index contributed by atoms with van der Waals surface area (Å²) in [5, 5.41) is 4.44. The molecule has 0 saturated heterocycles. The molecular weight excluding hydrogens is 250 g/mol. The lowest BCUT2D eigenvalue weighted by atomic mass is 10.2. The Morgan fingerprint density at radius 3 is 2.60 bits per heavy atom. The highest BCUT2D eigenvalue weighted by Crippen LogP contribution is 2.13. The quantitative estimate of drug-likeness (QED) is 0.867. The first kappa shape index (κ1) is 14.2. The molecule has 2 rings (SSSR count). The van der Waals surface area contributed by atoms with E-state index in [0.29, 0.717) is 19.2 Å². The molecule has 0 fully saturated rings. The molecule has 0 bridgehead atoms. The number of hydrogen-bond acceptors (Lipinski definition) is 3. The molecule has 0 radical (unpaired) electrons. The third-order valence-corrected chi connectivity index (χ3v) is 2.77. The summed E-state index contributed by atoms with van der Waals surface area (Å²) in [5.41, 5.74) is 7.19. The summed E-state index contributed by atoms with van der Waals surface area (Å²) in [7, 11) is 0. The Labute approximate surface area is 119 Å². The average molecular weight is 269 g/mol. The van der Waals surface area contributed by atoms with Crippen molar-refractivity contribution in [3.63, 3.8) is 0 Å². The second kappa shape index (κ2) is 6.78. The Hall–Kier alpha value is -2.25. The SMILES string of the molecule is CC(C)n1ccc(COc2ccc(C#CCN)cc2)n1. The molecule has 4 nitrogen and oxygen atoms in total. The molecule has 0 atom stereocenters. The molecule has 0 aliphatic rings. The maximum Gasteiger partial charge on any atom is 0.132 e. The van der Waals surface area contributed by atoms with E-state index < -0.39 is 0 Å². The highest BCUT2D eigenvalue weighted by atomic mass is 16.5. The normalized spacial score (nSPS) is 10.2. The first-order chi connectivity index (χ1) is 9.69. The van der Waals surface area contributed by atoms with Crippen LogP contribution in [0.3, 0.4) is 0 Å². The molecule has 1 aromatic carbocycles. The Bertz CT molecular complexity index is 603. The van der Waals surface area contributed by atoms with Crippen molar-refractivity contribution in [2.75, 3.05) is 6.54 Å². The fraction of sp³-hybridized carbons (Fsp3) is 0.312. The lowest BCUT2D eigenvalue weighted by molar-refractivity contribution is 0.298. The summed E-state index contributed by atoms with van der Waals surface area (Å²) in [4.78, 5) is 0. The standard InChI is InChI=1S/C16H19N3O/c1-13(2)19-11-9-15(18-19)12-20-16-7-5-14(6-8-16)4-3-10-17/h5-9,11,13H,10,12,17H2,1-2H3. The van der Waals surface area contributed by atoms with E-state index in [2.05, 4.69) is 30.8 Å². The first-order valence-corrected chi connectivity index (χ1v) is 6.65. The van der Waals surface area contributed by atoms with Crippen molar-refractivity contribution in [1.29, 1.82) is 0 Å². The number of hydrogen-bond donors (Lipinski definition) is 1. The molecule has 1 aromatic heterocycles. The van der Waals surface area contributed by atoms with Gasteiger partial charge in [-0.15, -0.1) is 0 Å². The zero-order valence-electron chi connectivity index (χ0n) is 11.8. The minimum absolute atomic E-state index is 0.365. The van der Waals surface area contributed by atoms with Crippen molar-refractivity contribution in [2.45, 2.75) is 26.5 Å². The predicted octanol–water partition coefficient (Wildman–Crippen LogP) is 2.35. The third kappa shape index (κ3) is 3.87. The van der Waals surface area contributed by atoms with Gasteiger partial charge in [-0.2, -0.15) is 5.10 Å². The van der Waals surface area contributed by atoms with Crippen LogP contribution in [0.5, 0.6) is 5.75 Å². The van der Waals surface area contributed by atoms with Crippen LogP contribution in [0.2, 0.25) is 0 Å². The van der Waals surface area contributed by atoms with Crippen molar-refractivity contribution in [2.24, 2.45) is 5.73 Å². The molecular formula is C16H19N3O. The Morgan fingerprint density at radius 2 is 2.00 bits per heavy atom. The number of nitrogens with zero attached hydrogens (tertiary/aromatic N) is 2. The zero-order chi connectivity index (χ0) is 14.4. The lowest BCUT2D eigenvalue weighted by Crippen LogP contribution is -2.03. The van der Waals surface area contributed by atoms with Gasteiger partial charge in [0.05, 0.1) is 12.2 Å². The van der Waals surface area contributed by atoms with Crippen molar-refractivity contribution in [3.05, 3.63) is 47.8 Å². The van der Waals surface area contributed by atoms with Gasteiger partial charge in [0.15, 0.2) is 0 Å². The molecule has 20 heavy (non-hydrogen) atoms. The second-order valence-corrected chi connectivity index (χ2v) is 4.70. The summed E-state index contributed by atoms with van der Waals surface area (Å²) in [6, 6.07) is 9.99. The molecule has 1 heterocycles. The molecule has 0 amide bonds. The van der Waals surface area contributed by atoms with Gasteiger partial charge in [0.2, 0.25) is 0 Å². The van der Waals surface area contributed by atoms with Crippen molar-refractivity contribution in [3.8, 4) is 17.6 Å². The van der Waals surface area contributed by atoms with E-state index >= 15 is 0 Å². The summed E-state index contributed by atoms with van der Waals surface area (Å²) < 4.78 is 7.62. The highest BCUT2D eigenvalue weighted by molar-refractivity contribution is 5.38. The fourth-order valence-electron chi connectivity index (χ4n) is 1.69. The van der Waals surface area contributed by atoms with E-state index in [1.54, 1.807) is 0 Å². The van der Waals surface area contributed by atoms with Crippen molar-refractivity contribution < 1.29 is 4.74 Å². The van der Waals surface area contributed by atoms with Crippen LogP contribution in [-0.4, -0.2) is 16.3 Å². The van der Waals surface area contributed by atoms with Crippen LogP contribution in [0.1, 0.15) is 31.1 Å². The minimum atomic E-state index is 0.365. The van der Waals surface area contributed by atoms with Gasteiger partial charge in [0.1, 0.15) is 12.4 Å². The van der Waals surface area contributed by atoms with Crippen LogP contribution in [0.4, 0.5) is 0 Å². The lowest BCUT2D eigenvalue weighted by Gasteiger charge is -2.05. The molecule has 0 aliphatic heterocycles. The summed E-state index contributed by atoms with van der Waals surface area (Å²) in [6.45, 7) is 5.03. The first-order valence-electron chi connectivity index (χ1n) is 6.65. The second-order valence-electron chi connectivity index (χ2n) is 4.70. The largest absolute Gasteiger partial charge is 0.487 e. The van der Waals surface area contributed by atoms with Gasteiger partial charge in [0, 0.05) is 17.8 Å². The van der Waals surface area contributed by atoms with Crippen LogP contribution < -0.4 is 10.5 Å². The van der Waals surface area contributed by atoms with E-state index in [1.807, 2.05) is 41.2 Å². The Kier molecular flexibility index (Phi) is 4.80. The molecule has 2 aromatic rings. The van der Waals surface area contributed by atoms with Crippen LogP contribution in [0.15, 0.2) is 36.5 Å². The number of nitrogens with two attached hydrogens (primary N) is 1. The smallest absolute Gasteiger partial charge is 0.132 e. The van der Waals surface area contributed by atoms with E-state index in [1.165, 1.54) is 0 Å². The number of ether oxygens (including phenoxy) is 1. The van der Waals surface area contributed by atoms with Gasteiger partial charge in [-0.25, -0.2) is 0 Å². The van der Waals surface area contributed by atoms with Gasteiger partial charge in [-0.1, -0.05) is 11.8 Å². The number of aromatic nitrogens is 2. The van der Waals surface area contributed by atoms with Crippen molar-refractivity contribution in [1.82, 2.24) is 9.78 Å². The summed E-state index contributed by atoms with van der Waals surface area (Å²) in [5.74, 6) is 6.60. The van der Waals surface area contributed by atoms with E-state index in [0.717, 1.165) is 17.0 Å². The van der Waals surface area contributed by atoms with Crippen molar-refractivity contribution >= 4 is 0 Å². The molecule has 104 valence electrons. The topological polar surface area (TPSA) is 53.1 Å². The molecule has 2 N–H and O–H groups in total.